The van der Waals surface area contributed by atoms with E-state index in [1.807, 2.05) is 0 Å². The summed E-state index contributed by atoms with van der Waals surface area (Å²) in [6.07, 6.45) is 8.44. The Balaban J connectivity index is 2.06. The first-order chi connectivity index (χ1) is 5.83. The van der Waals surface area contributed by atoms with Crippen LogP contribution in [0.3, 0.4) is 0 Å². The molecule has 0 aliphatic heterocycles. The van der Waals surface area contributed by atoms with E-state index in [0.717, 1.165) is 12.5 Å². The third kappa shape index (κ3) is 3.57. The summed E-state index contributed by atoms with van der Waals surface area (Å²) in [6.45, 7) is 5.54. The van der Waals surface area contributed by atoms with Crippen LogP contribution in [0.2, 0.25) is 0 Å². The van der Waals surface area contributed by atoms with Gasteiger partial charge in [0.2, 0.25) is 0 Å². The minimum Gasteiger partial charge on any atom is -0.378 e. The molecular weight excluding hydrogens is 148 g/mol. The molecule has 0 bridgehead atoms. The molecule has 0 amide bonds. The van der Waals surface area contributed by atoms with Crippen molar-refractivity contribution < 1.29 is 4.74 Å². The summed E-state index contributed by atoms with van der Waals surface area (Å²) in [5, 5.41) is 0. The molecule has 2 atom stereocenters. The predicted molar refractivity (Wildman–Crippen MR) is 52.3 cm³/mol. The Bertz CT molecular complexity index is 112. The van der Waals surface area contributed by atoms with Crippen LogP contribution in [0.5, 0.6) is 0 Å². The molecule has 2 unspecified atom stereocenters. The Morgan fingerprint density at radius 1 is 1.33 bits per heavy atom. The average Bonchev–Trinajstić information content (AvgIpc) is 2.05. The van der Waals surface area contributed by atoms with Crippen molar-refractivity contribution in [3.63, 3.8) is 0 Å². The van der Waals surface area contributed by atoms with Gasteiger partial charge in [0.25, 0.3) is 0 Å². The summed E-state index contributed by atoms with van der Waals surface area (Å²) in [7, 11) is 0. The SMILES string of the molecule is CCCCOC1CCCC(C)C1. The summed E-state index contributed by atoms with van der Waals surface area (Å²) in [5.74, 6) is 0.894. The first-order valence-electron chi connectivity index (χ1n) is 5.44. The third-order valence-electron chi connectivity index (χ3n) is 2.74. The van der Waals surface area contributed by atoms with E-state index < -0.39 is 0 Å². The van der Waals surface area contributed by atoms with Crippen LogP contribution in [0.1, 0.15) is 52.4 Å². The zero-order chi connectivity index (χ0) is 8.81. The number of rotatable bonds is 4. The second-order valence-electron chi connectivity index (χ2n) is 4.12. The summed E-state index contributed by atoms with van der Waals surface area (Å²) >= 11 is 0. The van der Waals surface area contributed by atoms with Crippen LogP contribution in [0.25, 0.3) is 0 Å². The molecule has 0 heterocycles. The first-order valence-corrected chi connectivity index (χ1v) is 5.44. The minimum absolute atomic E-state index is 0.584. The second kappa shape index (κ2) is 5.58. The van der Waals surface area contributed by atoms with Gasteiger partial charge in [0.15, 0.2) is 0 Å². The Kier molecular flexibility index (Phi) is 4.67. The fourth-order valence-corrected chi connectivity index (χ4v) is 1.92. The zero-order valence-corrected chi connectivity index (χ0v) is 8.51. The van der Waals surface area contributed by atoms with E-state index in [1.54, 1.807) is 0 Å². The molecular formula is C11H22O. The average molecular weight is 170 g/mol. The van der Waals surface area contributed by atoms with Gasteiger partial charge in [0.1, 0.15) is 0 Å². The molecule has 0 N–H and O–H groups in total. The number of unbranched alkanes of at least 4 members (excludes halogenated alkanes) is 1. The Labute approximate surface area is 76.5 Å². The van der Waals surface area contributed by atoms with Crippen LogP contribution >= 0.6 is 0 Å². The van der Waals surface area contributed by atoms with Gasteiger partial charge in [-0.25, -0.2) is 0 Å². The molecule has 12 heavy (non-hydrogen) atoms. The van der Waals surface area contributed by atoms with E-state index in [4.69, 9.17) is 4.74 Å². The molecule has 1 aliphatic carbocycles. The van der Waals surface area contributed by atoms with Crippen molar-refractivity contribution in [3.05, 3.63) is 0 Å². The molecule has 0 spiro atoms. The normalized spacial score (nSPS) is 30.5. The molecule has 1 heteroatoms. The summed E-state index contributed by atoms with van der Waals surface area (Å²) in [5.41, 5.74) is 0. The molecule has 0 aromatic rings. The van der Waals surface area contributed by atoms with E-state index >= 15 is 0 Å². The summed E-state index contributed by atoms with van der Waals surface area (Å²) in [4.78, 5) is 0. The largest absolute Gasteiger partial charge is 0.378 e. The van der Waals surface area contributed by atoms with Crippen LogP contribution in [0.4, 0.5) is 0 Å². The van der Waals surface area contributed by atoms with E-state index in [2.05, 4.69) is 13.8 Å². The van der Waals surface area contributed by atoms with Gasteiger partial charge >= 0.3 is 0 Å². The van der Waals surface area contributed by atoms with Crippen molar-refractivity contribution in [1.29, 1.82) is 0 Å². The van der Waals surface area contributed by atoms with Crippen molar-refractivity contribution in [2.24, 2.45) is 5.92 Å². The van der Waals surface area contributed by atoms with Gasteiger partial charge in [-0.05, 0) is 25.2 Å². The lowest BCUT2D eigenvalue weighted by atomic mass is 9.89. The van der Waals surface area contributed by atoms with E-state index in [1.165, 1.54) is 38.5 Å². The van der Waals surface area contributed by atoms with E-state index in [-0.39, 0.29) is 0 Å². The molecule has 0 aromatic heterocycles. The molecule has 1 fully saturated rings. The highest BCUT2D eigenvalue weighted by Crippen LogP contribution is 2.25. The number of hydrogen-bond donors (Lipinski definition) is 0. The van der Waals surface area contributed by atoms with Crippen LogP contribution in [-0.2, 0) is 4.74 Å². The minimum atomic E-state index is 0.584. The van der Waals surface area contributed by atoms with Gasteiger partial charge in [0.05, 0.1) is 6.10 Å². The maximum absolute atomic E-state index is 5.79. The van der Waals surface area contributed by atoms with Crippen molar-refractivity contribution in [1.82, 2.24) is 0 Å². The standard InChI is InChI=1S/C11H22O/c1-3-4-8-12-11-7-5-6-10(2)9-11/h10-11H,3-9H2,1-2H3. The van der Waals surface area contributed by atoms with Gasteiger partial charge in [-0.3, -0.25) is 0 Å². The third-order valence-corrected chi connectivity index (χ3v) is 2.74. The zero-order valence-electron chi connectivity index (χ0n) is 8.51. The van der Waals surface area contributed by atoms with Crippen molar-refractivity contribution >= 4 is 0 Å². The highest BCUT2D eigenvalue weighted by atomic mass is 16.5. The lowest BCUT2D eigenvalue weighted by Crippen LogP contribution is -2.21. The monoisotopic (exact) mass is 170 g/mol. The predicted octanol–water partition coefficient (Wildman–Crippen LogP) is 3.38. The summed E-state index contributed by atoms with van der Waals surface area (Å²) in [6, 6.07) is 0. The van der Waals surface area contributed by atoms with Crippen LogP contribution in [0.15, 0.2) is 0 Å². The Morgan fingerprint density at radius 3 is 2.83 bits per heavy atom. The highest BCUT2D eigenvalue weighted by molar-refractivity contribution is 4.70. The maximum Gasteiger partial charge on any atom is 0.0577 e. The number of ether oxygens (including phenoxy) is 1. The first kappa shape index (κ1) is 10.0. The van der Waals surface area contributed by atoms with Crippen LogP contribution < -0.4 is 0 Å². The molecule has 0 aromatic carbocycles. The molecule has 1 aliphatic rings. The van der Waals surface area contributed by atoms with E-state index in [9.17, 15) is 0 Å². The molecule has 1 rings (SSSR count). The lowest BCUT2D eigenvalue weighted by molar-refractivity contribution is 0.0143. The molecule has 1 saturated carbocycles. The fourth-order valence-electron chi connectivity index (χ4n) is 1.92. The smallest absolute Gasteiger partial charge is 0.0577 e. The van der Waals surface area contributed by atoms with Gasteiger partial charge in [-0.2, -0.15) is 0 Å². The van der Waals surface area contributed by atoms with E-state index in [0.29, 0.717) is 6.10 Å². The molecule has 0 radical (unpaired) electrons. The Hall–Kier alpha value is -0.0400. The molecule has 0 saturated heterocycles. The van der Waals surface area contributed by atoms with Gasteiger partial charge < -0.3 is 4.74 Å². The van der Waals surface area contributed by atoms with Gasteiger partial charge in [-0.15, -0.1) is 0 Å². The van der Waals surface area contributed by atoms with Crippen molar-refractivity contribution in [2.75, 3.05) is 6.61 Å². The second-order valence-corrected chi connectivity index (χ2v) is 4.12. The highest BCUT2D eigenvalue weighted by Gasteiger charge is 2.18. The van der Waals surface area contributed by atoms with Gasteiger partial charge in [0, 0.05) is 6.61 Å². The fraction of sp³-hybridized carbons (Fsp3) is 1.00. The van der Waals surface area contributed by atoms with Crippen LogP contribution in [-0.4, -0.2) is 12.7 Å². The Morgan fingerprint density at radius 2 is 2.17 bits per heavy atom. The lowest BCUT2D eigenvalue weighted by Gasteiger charge is -2.26. The number of hydrogen-bond acceptors (Lipinski definition) is 1. The van der Waals surface area contributed by atoms with Crippen molar-refractivity contribution in [3.8, 4) is 0 Å². The van der Waals surface area contributed by atoms with Gasteiger partial charge in [-0.1, -0.05) is 33.1 Å². The maximum atomic E-state index is 5.79. The topological polar surface area (TPSA) is 9.23 Å². The summed E-state index contributed by atoms with van der Waals surface area (Å²) < 4.78 is 5.79. The quantitative estimate of drug-likeness (QED) is 0.588. The van der Waals surface area contributed by atoms with Crippen LogP contribution in [0, 0.1) is 5.92 Å². The molecule has 1 nitrogen and oxygen atoms in total. The molecule has 72 valence electrons. The van der Waals surface area contributed by atoms with Crippen molar-refractivity contribution in [2.45, 2.75) is 58.5 Å².